The maximum absolute atomic E-state index is 9.63. The van der Waals surface area contributed by atoms with E-state index < -0.39 is 8.07 Å². The molecule has 178 valence electrons. The highest BCUT2D eigenvalue weighted by Gasteiger charge is 2.18. The molecule has 7 heteroatoms. The van der Waals surface area contributed by atoms with Gasteiger partial charge in [-0.3, -0.25) is 4.99 Å². The number of nitriles is 1. The Labute approximate surface area is 208 Å². The Balaban J connectivity index is 1.66. The van der Waals surface area contributed by atoms with Gasteiger partial charge in [0.25, 0.3) is 0 Å². The van der Waals surface area contributed by atoms with E-state index in [1.54, 1.807) is 13.4 Å². The summed E-state index contributed by atoms with van der Waals surface area (Å²) in [7, 11) is 0.634. The zero-order chi connectivity index (χ0) is 24.8. The maximum Gasteiger partial charge on any atom is 0.145 e. The zero-order valence-corrected chi connectivity index (χ0v) is 21.8. The van der Waals surface area contributed by atoms with Gasteiger partial charge in [-0.1, -0.05) is 56.0 Å². The largest absolute Gasteiger partial charge is 0.361 e. The van der Waals surface area contributed by atoms with E-state index in [1.807, 2.05) is 47.3 Å². The summed E-state index contributed by atoms with van der Waals surface area (Å²) in [5.74, 6) is -0.127. The van der Waals surface area contributed by atoms with Crippen molar-refractivity contribution in [3.63, 3.8) is 0 Å². The van der Waals surface area contributed by atoms with Gasteiger partial charge in [-0.25, -0.2) is 9.97 Å². The fourth-order valence-corrected chi connectivity index (χ4v) is 4.88. The molecular formula is C28H31N5OSi. The van der Waals surface area contributed by atoms with Crippen LogP contribution in [-0.2, 0) is 11.5 Å². The van der Waals surface area contributed by atoms with Crippen LogP contribution in [0.3, 0.4) is 0 Å². The Morgan fingerprint density at radius 2 is 1.94 bits per heavy atom. The van der Waals surface area contributed by atoms with Crippen molar-refractivity contribution in [1.82, 2.24) is 14.5 Å². The van der Waals surface area contributed by atoms with Gasteiger partial charge in [0.2, 0.25) is 0 Å². The van der Waals surface area contributed by atoms with Crippen molar-refractivity contribution in [2.75, 3.05) is 13.7 Å². The molecule has 2 aromatic heterocycles. The van der Waals surface area contributed by atoms with Crippen molar-refractivity contribution in [3.8, 4) is 17.3 Å². The van der Waals surface area contributed by atoms with Crippen molar-refractivity contribution >= 4 is 25.3 Å². The molecule has 6 nitrogen and oxygen atoms in total. The van der Waals surface area contributed by atoms with Gasteiger partial charge in [0.05, 0.1) is 17.3 Å². The van der Waals surface area contributed by atoms with Crippen molar-refractivity contribution in [2.45, 2.75) is 38.3 Å². The Kier molecular flexibility index (Phi) is 7.54. The van der Waals surface area contributed by atoms with Crippen molar-refractivity contribution in [3.05, 3.63) is 83.8 Å². The molecule has 4 rings (SSSR count). The molecule has 0 aliphatic carbocycles. The van der Waals surface area contributed by atoms with Gasteiger partial charge in [-0.05, 0) is 35.4 Å². The molecule has 35 heavy (non-hydrogen) atoms. The van der Waals surface area contributed by atoms with Crippen LogP contribution in [0.1, 0.15) is 22.6 Å². The molecule has 0 saturated carbocycles. The molecule has 2 heterocycles. The minimum absolute atomic E-state index is 0.127. The van der Waals surface area contributed by atoms with E-state index in [2.05, 4.69) is 64.9 Å². The first kappa shape index (κ1) is 24.5. The highest BCUT2D eigenvalue weighted by Crippen LogP contribution is 2.31. The average Bonchev–Trinajstić information content (AvgIpc) is 3.28. The molecule has 0 spiro atoms. The Hall–Kier alpha value is -3.60. The van der Waals surface area contributed by atoms with Gasteiger partial charge in [0.15, 0.2) is 0 Å². The summed E-state index contributed by atoms with van der Waals surface area (Å²) >= 11 is 0. The van der Waals surface area contributed by atoms with Crippen LogP contribution in [0.25, 0.3) is 22.3 Å². The fourth-order valence-electron chi connectivity index (χ4n) is 4.12. The Morgan fingerprint density at radius 1 is 1.11 bits per heavy atom. The number of fused-ring (bicyclic) bond motifs is 1. The number of hydrogen-bond acceptors (Lipinski definition) is 5. The average molecular weight is 482 g/mol. The van der Waals surface area contributed by atoms with Crippen LogP contribution in [-0.4, -0.2) is 42.5 Å². The third-order valence-corrected chi connectivity index (χ3v) is 7.72. The van der Waals surface area contributed by atoms with E-state index in [-0.39, 0.29) is 5.92 Å². The van der Waals surface area contributed by atoms with Gasteiger partial charge < -0.3 is 9.30 Å². The van der Waals surface area contributed by atoms with Gasteiger partial charge in [0.1, 0.15) is 18.7 Å². The number of hydrogen-bond donors (Lipinski definition) is 0. The number of rotatable bonds is 9. The first-order valence-electron chi connectivity index (χ1n) is 11.8. The molecule has 0 saturated heterocycles. The van der Waals surface area contributed by atoms with E-state index in [0.717, 1.165) is 46.1 Å². The molecule has 0 aliphatic heterocycles. The summed E-state index contributed by atoms with van der Waals surface area (Å²) < 4.78 is 7.98. The Bertz CT molecular complexity index is 1380. The molecule has 2 aromatic carbocycles. The topological polar surface area (TPSA) is 76.1 Å². The number of ether oxygens (including phenoxy) is 1. The molecule has 0 bridgehead atoms. The third-order valence-electron chi connectivity index (χ3n) is 6.02. The highest BCUT2D eigenvalue weighted by molar-refractivity contribution is 6.76. The van der Waals surface area contributed by atoms with Crippen LogP contribution in [0.5, 0.6) is 0 Å². The van der Waals surface area contributed by atoms with Gasteiger partial charge in [-0.15, -0.1) is 0 Å². The summed E-state index contributed by atoms with van der Waals surface area (Å²) in [5.41, 5.74) is 5.37. The zero-order valence-electron chi connectivity index (χ0n) is 20.8. The molecule has 0 amide bonds. The number of benzene rings is 2. The monoisotopic (exact) mass is 481 g/mol. The molecule has 1 unspecified atom stereocenters. The maximum atomic E-state index is 9.63. The highest BCUT2D eigenvalue weighted by atomic mass is 28.3. The van der Waals surface area contributed by atoms with E-state index in [4.69, 9.17) is 4.74 Å². The predicted octanol–water partition coefficient (Wildman–Crippen LogP) is 6.11. The molecule has 1 atom stereocenters. The molecule has 0 N–H and O–H groups in total. The van der Waals surface area contributed by atoms with E-state index in [9.17, 15) is 5.26 Å². The lowest BCUT2D eigenvalue weighted by Crippen LogP contribution is -2.22. The lowest BCUT2D eigenvalue weighted by Gasteiger charge is -2.16. The van der Waals surface area contributed by atoms with Crippen LogP contribution in [0.2, 0.25) is 25.7 Å². The lowest BCUT2D eigenvalue weighted by atomic mass is 9.88. The summed E-state index contributed by atoms with van der Waals surface area (Å²) in [5, 5.41) is 10.6. The third kappa shape index (κ3) is 5.73. The first-order valence-corrected chi connectivity index (χ1v) is 15.5. The van der Waals surface area contributed by atoms with Gasteiger partial charge >= 0.3 is 0 Å². The minimum Gasteiger partial charge on any atom is -0.361 e. The van der Waals surface area contributed by atoms with Crippen molar-refractivity contribution in [1.29, 1.82) is 5.26 Å². The predicted molar refractivity (Wildman–Crippen MR) is 144 cm³/mol. The quantitative estimate of drug-likeness (QED) is 0.164. The smallest absolute Gasteiger partial charge is 0.145 e. The van der Waals surface area contributed by atoms with E-state index in [0.29, 0.717) is 12.3 Å². The fraction of sp³-hybridized carbons (Fsp3) is 0.286. The SMILES string of the molecule is CN=CC(c1cccc(-c2ncnc3c2ccn3COCC[Si](C)(C)C)c1)c1ccccc1C#N. The normalized spacial score (nSPS) is 12.8. The van der Waals surface area contributed by atoms with Crippen LogP contribution >= 0.6 is 0 Å². The van der Waals surface area contributed by atoms with Crippen molar-refractivity contribution < 1.29 is 4.74 Å². The second-order valence-corrected chi connectivity index (χ2v) is 15.4. The Morgan fingerprint density at radius 3 is 2.71 bits per heavy atom. The second-order valence-electron chi connectivity index (χ2n) is 9.80. The standard InChI is InChI=1S/C28H31N5OSi/c1-30-18-26(24-11-6-5-8-23(24)17-29)21-9-7-10-22(16-21)27-25-12-13-33(28(25)32-19-31-27)20-34-14-15-35(2,3)4/h5-13,16,18-19,26H,14-15,20H2,1-4H3. The second kappa shape index (κ2) is 10.8. The summed E-state index contributed by atoms with van der Waals surface area (Å²) in [6.45, 7) is 8.30. The molecule has 0 radical (unpaired) electrons. The molecule has 4 aromatic rings. The first-order chi connectivity index (χ1) is 16.9. The van der Waals surface area contributed by atoms with Crippen LogP contribution in [0.15, 0.2) is 72.1 Å². The van der Waals surface area contributed by atoms with E-state index in [1.165, 1.54) is 0 Å². The number of aliphatic imine (C=N–C) groups is 1. The lowest BCUT2D eigenvalue weighted by molar-refractivity contribution is 0.0899. The molecule has 0 aliphatic rings. The summed E-state index contributed by atoms with van der Waals surface area (Å²) in [6.07, 6.45) is 5.51. The molecule has 0 fully saturated rings. The molecular weight excluding hydrogens is 450 g/mol. The summed E-state index contributed by atoms with van der Waals surface area (Å²) in [4.78, 5) is 13.5. The number of aromatic nitrogens is 3. The van der Waals surface area contributed by atoms with Crippen LogP contribution in [0.4, 0.5) is 0 Å². The summed E-state index contributed by atoms with van der Waals surface area (Å²) in [6, 6.07) is 21.5. The van der Waals surface area contributed by atoms with Gasteiger partial charge in [0, 0.05) is 51.0 Å². The van der Waals surface area contributed by atoms with Crippen LogP contribution in [0, 0.1) is 11.3 Å². The number of nitrogens with zero attached hydrogens (tertiary/aromatic N) is 5. The van der Waals surface area contributed by atoms with Gasteiger partial charge in [-0.2, -0.15) is 5.26 Å². The minimum atomic E-state index is -1.12. The van der Waals surface area contributed by atoms with Crippen molar-refractivity contribution in [2.24, 2.45) is 4.99 Å². The van der Waals surface area contributed by atoms with Crippen LogP contribution < -0.4 is 0 Å². The van der Waals surface area contributed by atoms with E-state index >= 15 is 0 Å².